The van der Waals surface area contributed by atoms with Gasteiger partial charge in [0.05, 0.1) is 6.07 Å². The average Bonchev–Trinajstić information content (AvgIpc) is 2.70. The smallest absolute Gasteiger partial charge is 0.410 e. The molecule has 0 bridgehead atoms. The van der Waals surface area contributed by atoms with E-state index in [4.69, 9.17) is 9.47 Å². The van der Waals surface area contributed by atoms with Crippen molar-refractivity contribution in [3.63, 3.8) is 0 Å². The van der Waals surface area contributed by atoms with E-state index in [1.165, 1.54) is 0 Å². The summed E-state index contributed by atoms with van der Waals surface area (Å²) in [4.78, 5) is 16.5. The Kier molecular flexibility index (Phi) is 7.55. The van der Waals surface area contributed by atoms with Crippen LogP contribution in [-0.2, 0) is 11.2 Å². The number of carbonyl (C=O) groups is 1. The zero-order chi connectivity index (χ0) is 23.4. The number of nitriles is 1. The van der Waals surface area contributed by atoms with Crippen LogP contribution < -0.4 is 10.1 Å². The highest BCUT2D eigenvalue weighted by atomic mass is 16.6. The van der Waals surface area contributed by atoms with Crippen molar-refractivity contribution in [1.29, 1.82) is 5.26 Å². The van der Waals surface area contributed by atoms with Crippen molar-refractivity contribution >= 4 is 11.8 Å². The molecule has 0 spiro atoms. The van der Waals surface area contributed by atoms with Crippen molar-refractivity contribution in [3.8, 4) is 11.8 Å². The van der Waals surface area contributed by atoms with Gasteiger partial charge < -0.3 is 19.7 Å². The van der Waals surface area contributed by atoms with Crippen molar-refractivity contribution in [1.82, 2.24) is 9.80 Å². The number of benzene rings is 1. The summed E-state index contributed by atoms with van der Waals surface area (Å²) in [5, 5.41) is 12.9. The van der Waals surface area contributed by atoms with Gasteiger partial charge in [0.2, 0.25) is 0 Å². The molecule has 1 amide bonds. The molecule has 1 aliphatic heterocycles. The molecule has 7 heteroatoms. The molecule has 0 aromatic heterocycles. The number of aryl methyl sites for hydroxylation is 1. The maximum atomic E-state index is 12.4. The number of rotatable bonds is 7. The third kappa shape index (κ3) is 6.07. The minimum atomic E-state index is -0.475. The Bertz CT molecular complexity index is 839. The maximum Gasteiger partial charge on any atom is 0.410 e. The number of carbonyl (C=O) groups excluding carboxylic acids is 1. The molecule has 0 unspecified atom stereocenters. The van der Waals surface area contributed by atoms with Crippen LogP contribution >= 0.6 is 0 Å². The number of anilines is 1. The number of nitrogens with one attached hydrogen (secondary N) is 1. The third-order valence-corrected chi connectivity index (χ3v) is 6.25. The van der Waals surface area contributed by atoms with Gasteiger partial charge >= 0.3 is 6.09 Å². The van der Waals surface area contributed by atoms with E-state index in [0.29, 0.717) is 13.2 Å². The molecule has 7 nitrogen and oxygen atoms in total. The van der Waals surface area contributed by atoms with Gasteiger partial charge in [0, 0.05) is 37.9 Å². The molecule has 1 saturated carbocycles. The topological polar surface area (TPSA) is 77.8 Å². The fraction of sp³-hybridized carbons (Fsp3) is 0.680. The summed E-state index contributed by atoms with van der Waals surface area (Å²) >= 11 is 0. The van der Waals surface area contributed by atoms with Crippen molar-refractivity contribution in [2.75, 3.05) is 38.1 Å². The molecule has 3 rings (SSSR count). The lowest BCUT2D eigenvalue weighted by Crippen LogP contribution is -2.55. The van der Waals surface area contributed by atoms with E-state index in [0.717, 1.165) is 62.3 Å². The summed E-state index contributed by atoms with van der Waals surface area (Å²) in [7, 11) is 0. The van der Waals surface area contributed by atoms with Gasteiger partial charge in [0.1, 0.15) is 23.5 Å². The van der Waals surface area contributed by atoms with E-state index in [1.807, 2.05) is 37.8 Å². The number of hydrogen-bond donors (Lipinski definition) is 1. The van der Waals surface area contributed by atoms with E-state index in [1.54, 1.807) is 0 Å². The minimum Gasteiger partial charge on any atom is -0.492 e. The first kappa shape index (κ1) is 24.2. The van der Waals surface area contributed by atoms with Crippen molar-refractivity contribution in [2.24, 2.45) is 0 Å². The molecule has 0 radical (unpaired) electrons. The highest BCUT2D eigenvalue weighted by Gasteiger charge is 2.37. The maximum absolute atomic E-state index is 12.4. The zero-order valence-electron chi connectivity index (χ0n) is 20.2. The highest BCUT2D eigenvalue weighted by molar-refractivity contribution is 5.68. The molecule has 1 saturated heterocycles. The average molecular weight is 443 g/mol. The van der Waals surface area contributed by atoms with Crippen LogP contribution in [0.25, 0.3) is 0 Å². The molecule has 2 aliphatic rings. The van der Waals surface area contributed by atoms with E-state index in [2.05, 4.69) is 36.2 Å². The number of ether oxygens (including phenoxy) is 2. The lowest BCUT2D eigenvalue weighted by molar-refractivity contribution is 0.000347. The summed E-state index contributed by atoms with van der Waals surface area (Å²) in [6.45, 7) is 13.6. The fourth-order valence-corrected chi connectivity index (χ4v) is 4.26. The lowest BCUT2D eigenvalue weighted by atomic mass is 9.78. The van der Waals surface area contributed by atoms with Crippen LogP contribution in [0.15, 0.2) is 18.2 Å². The van der Waals surface area contributed by atoms with Crippen LogP contribution in [0.2, 0.25) is 0 Å². The van der Waals surface area contributed by atoms with Crippen molar-refractivity contribution in [3.05, 3.63) is 23.8 Å². The standard InChI is InChI=1S/C25H38N4O3/c1-6-20-16-21(27-25(18-26)10-7-11-25)8-9-22(20)31-15-14-28-12-13-29(19(2)17-28)23(30)32-24(3,4)5/h8-9,16,19,27H,6-7,10-15,17H2,1-5H3/t19-/m1/s1. The fourth-order valence-electron chi connectivity index (χ4n) is 4.26. The summed E-state index contributed by atoms with van der Waals surface area (Å²) < 4.78 is 11.6. The van der Waals surface area contributed by atoms with Gasteiger partial charge in [0.15, 0.2) is 0 Å². The normalized spacial score (nSPS) is 20.8. The van der Waals surface area contributed by atoms with Crippen LogP contribution in [0, 0.1) is 11.3 Å². The zero-order valence-corrected chi connectivity index (χ0v) is 20.2. The molecule has 1 heterocycles. The van der Waals surface area contributed by atoms with Crippen LogP contribution in [-0.4, -0.2) is 65.9 Å². The van der Waals surface area contributed by atoms with Gasteiger partial charge in [0.25, 0.3) is 0 Å². The highest BCUT2D eigenvalue weighted by Crippen LogP contribution is 2.35. The van der Waals surface area contributed by atoms with Crippen LogP contribution in [0.4, 0.5) is 10.5 Å². The first-order chi connectivity index (χ1) is 15.1. The van der Waals surface area contributed by atoms with Gasteiger partial charge in [-0.1, -0.05) is 6.92 Å². The van der Waals surface area contributed by atoms with Crippen LogP contribution in [0.1, 0.15) is 59.4 Å². The minimum absolute atomic E-state index is 0.106. The quantitative estimate of drug-likeness (QED) is 0.673. The molecular formula is C25H38N4O3. The summed E-state index contributed by atoms with van der Waals surface area (Å²) in [6.07, 6.45) is 3.55. The Morgan fingerprint density at radius 2 is 2.06 bits per heavy atom. The molecule has 1 aliphatic carbocycles. The number of nitrogens with zero attached hydrogens (tertiary/aromatic N) is 3. The number of hydrogen-bond acceptors (Lipinski definition) is 6. The largest absolute Gasteiger partial charge is 0.492 e. The molecule has 32 heavy (non-hydrogen) atoms. The second kappa shape index (κ2) is 9.99. The van der Waals surface area contributed by atoms with Gasteiger partial charge in [-0.05, 0) is 77.1 Å². The second-order valence-electron chi connectivity index (χ2n) is 10.0. The Morgan fingerprint density at radius 1 is 1.31 bits per heavy atom. The molecule has 176 valence electrons. The Hall–Kier alpha value is -2.46. The van der Waals surface area contributed by atoms with E-state index in [-0.39, 0.29) is 12.1 Å². The van der Waals surface area contributed by atoms with Gasteiger partial charge in [-0.15, -0.1) is 0 Å². The van der Waals surface area contributed by atoms with Crippen molar-refractivity contribution in [2.45, 2.75) is 77.5 Å². The molecule has 1 atom stereocenters. The van der Waals surface area contributed by atoms with Gasteiger partial charge in [-0.3, -0.25) is 4.90 Å². The Labute approximate surface area is 192 Å². The summed E-state index contributed by atoms with van der Waals surface area (Å²) in [6, 6.07) is 8.66. The molecule has 2 fully saturated rings. The first-order valence-corrected chi connectivity index (χ1v) is 11.8. The number of piperazine rings is 1. The predicted molar refractivity (Wildman–Crippen MR) is 126 cm³/mol. The van der Waals surface area contributed by atoms with Crippen LogP contribution in [0.3, 0.4) is 0 Å². The Morgan fingerprint density at radius 3 is 2.62 bits per heavy atom. The molecular weight excluding hydrogens is 404 g/mol. The first-order valence-electron chi connectivity index (χ1n) is 11.8. The molecule has 1 N–H and O–H groups in total. The third-order valence-electron chi connectivity index (χ3n) is 6.25. The van der Waals surface area contributed by atoms with Gasteiger partial charge in [-0.25, -0.2) is 4.79 Å². The Balaban J connectivity index is 1.48. The second-order valence-corrected chi connectivity index (χ2v) is 10.0. The van der Waals surface area contributed by atoms with Gasteiger partial charge in [-0.2, -0.15) is 5.26 Å². The predicted octanol–water partition coefficient (Wildman–Crippen LogP) is 4.43. The summed E-state index contributed by atoms with van der Waals surface area (Å²) in [5.74, 6) is 0.901. The lowest BCUT2D eigenvalue weighted by Gasteiger charge is -2.40. The van der Waals surface area contributed by atoms with Crippen LogP contribution in [0.5, 0.6) is 5.75 Å². The summed E-state index contributed by atoms with van der Waals surface area (Å²) in [5.41, 5.74) is 1.26. The van der Waals surface area contributed by atoms with E-state index in [9.17, 15) is 10.1 Å². The molecule has 1 aromatic rings. The monoisotopic (exact) mass is 442 g/mol. The van der Waals surface area contributed by atoms with E-state index >= 15 is 0 Å². The van der Waals surface area contributed by atoms with E-state index < -0.39 is 11.1 Å². The van der Waals surface area contributed by atoms with Crippen molar-refractivity contribution < 1.29 is 14.3 Å². The number of amides is 1. The SMILES string of the molecule is CCc1cc(NC2(C#N)CCC2)ccc1OCCN1CCN(C(=O)OC(C)(C)C)[C@H](C)C1. The molecule has 1 aromatic carbocycles.